The van der Waals surface area contributed by atoms with Gasteiger partial charge >= 0.3 is 0 Å². The van der Waals surface area contributed by atoms with Crippen LogP contribution >= 0.6 is 0 Å². The summed E-state index contributed by atoms with van der Waals surface area (Å²) in [5.41, 5.74) is 2.33. The Kier molecular flexibility index (Phi) is 5.17. The molecule has 0 radical (unpaired) electrons. The van der Waals surface area contributed by atoms with Crippen molar-refractivity contribution in [3.63, 3.8) is 0 Å². The summed E-state index contributed by atoms with van der Waals surface area (Å²) in [6.45, 7) is 12.0. The minimum atomic E-state index is -0.137. The highest BCUT2D eigenvalue weighted by Gasteiger charge is 2.27. The highest BCUT2D eigenvalue weighted by Crippen LogP contribution is 2.17. The van der Waals surface area contributed by atoms with Crippen LogP contribution in [0.4, 0.5) is 4.39 Å². The standard InChI is InChI=1S/C17H27FN2/c1-12(2)17-10-19-14(4)11-20(17)8-7-15-5-6-16(18)9-13(15)3/h5-6,9,12,14,17,19H,7-8,10-11H2,1-4H3. The van der Waals surface area contributed by atoms with Crippen LogP contribution in [0.5, 0.6) is 0 Å². The Bertz CT molecular complexity index is 445. The summed E-state index contributed by atoms with van der Waals surface area (Å²) in [5, 5.41) is 3.57. The summed E-state index contributed by atoms with van der Waals surface area (Å²) in [6.07, 6.45) is 1.00. The Morgan fingerprint density at radius 2 is 2.15 bits per heavy atom. The van der Waals surface area contributed by atoms with Crippen molar-refractivity contribution < 1.29 is 4.39 Å². The number of hydrogen-bond donors (Lipinski definition) is 1. The van der Waals surface area contributed by atoms with E-state index in [0.717, 1.165) is 31.6 Å². The number of piperazine rings is 1. The third-order valence-corrected chi connectivity index (χ3v) is 4.40. The fourth-order valence-electron chi connectivity index (χ4n) is 3.12. The molecule has 1 N–H and O–H groups in total. The summed E-state index contributed by atoms with van der Waals surface area (Å²) in [5.74, 6) is 0.520. The Morgan fingerprint density at radius 1 is 1.40 bits per heavy atom. The minimum absolute atomic E-state index is 0.137. The van der Waals surface area contributed by atoms with E-state index < -0.39 is 0 Å². The van der Waals surface area contributed by atoms with Crippen molar-refractivity contribution in [1.29, 1.82) is 0 Å². The first-order chi connectivity index (χ1) is 9.47. The maximum atomic E-state index is 13.1. The summed E-state index contributed by atoms with van der Waals surface area (Å²) in [7, 11) is 0. The molecule has 0 aromatic heterocycles. The van der Waals surface area contributed by atoms with Crippen LogP contribution < -0.4 is 5.32 Å². The molecule has 0 spiro atoms. The quantitative estimate of drug-likeness (QED) is 0.911. The van der Waals surface area contributed by atoms with Crippen LogP contribution in [-0.4, -0.2) is 36.6 Å². The predicted octanol–water partition coefficient (Wildman–Crippen LogP) is 2.99. The lowest BCUT2D eigenvalue weighted by atomic mass is 9.97. The van der Waals surface area contributed by atoms with Gasteiger partial charge in [0.15, 0.2) is 0 Å². The highest BCUT2D eigenvalue weighted by atomic mass is 19.1. The van der Waals surface area contributed by atoms with Crippen molar-refractivity contribution in [3.05, 3.63) is 35.1 Å². The molecule has 20 heavy (non-hydrogen) atoms. The molecule has 0 saturated carbocycles. The van der Waals surface area contributed by atoms with Gasteiger partial charge in [0.05, 0.1) is 0 Å². The van der Waals surface area contributed by atoms with E-state index >= 15 is 0 Å². The highest BCUT2D eigenvalue weighted by molar-refractivity contribution is 5.26. The van der Waals surface area contributed by atoms with Gasteiger partial charge in [-0.3, -0.25) is 4.90 Å². The normalized spacial score (nSPS) is 24.3. The lowest BCUT2D eigenvalue weighted by Gasteiger charge is -2.41. The van der Waals surface area contributed by atoms with Gasteiger partial charge in [0.2, 0.25) is 0 Å². The Hall–Kier alpha value is -0.930. The summed E-state index contributed by atoms with van der Waals surface area (Å²) in [6, 6.07) is 6.30. The first kappa shape index (κ1) is 15.5. The molecule has 1 aliphatic rings. The van der Waals surface area contributed by atoms with E-state index in [1.165, 1.54) is 5.56 Å². The van der Waals surface area contributed by atoms with Gasteiger partial charge in [-0.05, 0) is 49.4 Å². The third kappa shape index (κ3) is 3.80. The molecule has 0 aliphatic carbocycles. The van der Waals surface area contributed by atoms with Gasteiger partial charge < -0.3 is 5.32 Å². The summed E-state index contributed by atoms with van der Waals surface area (Å²) < 4.78 is 13.1. The average molecular weight is 278 g/mol. The number of aryl methyl sites for hydroxylation is 1. The number of benzene rings is 1. The molecule has 1 saturated heterocycles. The average Bonchev–Trinajstić information content (AvgIpc) is 2.37. The molecule has 1 aliphatic heterocycles. The zero-order chi connectivity index (χ0) is 14.7. The Balaban J connectivity index is 2.00. The number of hydrogen-bond acceptors (Lipinski definition) is 2. The molecule has 0 bridgehead atoms. The smallest absolute Gasteiger partial charge is 0.123 e. The number of nitrogens with one attached hydrogen (secondary N) is 1. The molecular weight excluding hydrogens is 251 g/mol. The fourth-order valence-corrected chi connectivity index (χ4v) is 3.12. The fraction of sp³-hybridized carbons (Fsp3) is 0.647. The molecule has 2 atom stereocenters. The van der Waals surface area contributed by atoms with E-state index in [-0.39, 0.29) is 5.82 Å². The van der Waals surface area contributed by atoms with E-state index in [2.05, 4.69) is 31.0 Å². The molecule has 1 heterocycles. The zero-order valence-corrected chi connectivity index (χ0v) is 13.1. The molecule has 1 aromatic rings. The molecule has 2 nitrogen and oxygen atoms in total. The molecule has 1 fully saturated rings. The van der Waals surface area contributed by atoms with Gasteiger partial charge in [-0.15, -0.1) is 0 Å². The van der Waals surface area contributed by atoms with Crippen molar-refractivity contribution in [2.24, 2.45) is 5.92 Å². The number of rotatable bonds is 4. The van der Waals surface area contributed by atoms with Gasteiger partial charge in [-0.2, -0.15) is 0 Å². The molecule has 2 rings (SSSR count). The van der Waals surface area contributed by atoms with E-state index in [1.54, 1.807) is 12.1 Å². The van der Waals surface area contributed by atoms with E-state index in [4.69, 9.17) is 0 Å². The molecule has 112 valence electrons. The largest absolute Gasteiger partial charge is 0.311 e. The van der Waals surface area contributed by atoms with Crippen LogP contribution in [0.2, 0.25) is 0 Å². The van der Waals surface area contributed by atoms with Crippen LogP contribution in [0.25, 0.3) is 0 Å². The lowest BCUT2D eigenvalue weighted by molar-refractivity contribution is 0.104. The van der Waals surface area contributed by atoms with Gasteiger partial charge in [0.1, 0.15) is 5.82 Å². The second-order valence-electron chi connectivity index (χ2n) is 6.44. The molecule has 3 heteroatoms. The van der Waals surface area contributed by atoms with Gasteiger partial charge in [-0.1, -0.05) is 19.9 Å². The monoisotopic (exact) mass is 278 g/mol. The van der Waals surface area contributed by atoms with E-state index in [0.29, 0.717) is 18.0 Å². The maximum absolute atomic E-state index is 13.1. The first-order valence-corrected chi connectivity index (χ1v) is 7.70. The topological polar surface area (TPSA) is 15.3 Å². The van der Waals surface area contributed by atoms with E-state index in [1.807, 2.05) is 13.0 Å². The zero-order valence-electron chi connectivity index (χ0n) is 13.1. The van der Waals surface area contributed by atoms with Gasteiger partial charge in [0.25, 0.3) is 0 Å². The predicted molar refractivity (Wildman–Crippen MR) is 82.5 cm³/mol. The SMILES string of the molecule is Cc1cc(F)ccc1CCN1CC(C)NCC1C(C)C. The van der Waals surface area contributed by atoms with Crippen molar-refractivity contribution >= 4 is 0 Å². The van der Waals surface area contributed by atoms with Crippen molar-refractivity contribution in [3.8, 4) is 0 Å². The maximum Gasteiger partial charge on any atom is 0.123 e. The molecule has 1 aromatic carbocycles. The summed E-state index contributed by atoms with van der Waals surface area (Å²) in [4.78, 5) is 2.59. The van der Waals surface area contributed by atoms with Crippen molar-refractivity contribution in [2.45, 2.75) is 46.2 Å². The summed E-state index contributed by atoms with van der Waals surface area (Å²) >= 11 is 0. The Labute approximate surface area is 122 Å². The number of nitrogens with zero attached hydrogens (tertiary/aromatic N) is 1. The van der Waals surface area contributed by atoms with Crippen LogP contribution in [0.1, 0.15) is 31.9 Å². The van der Waals surface area contributed by atoms with Crippen LogP contribution in [-0.2, 0) is 6.42 Å². The van der Waals surface area contributed by atoms with Crippen molar-refractivity contribution in [2.75, 3.05) is 19.6 Å². The van der Waals surface area contributed by atoms with Crippen LogP contribution in [0, 0.1) is 18.7 Å². The minimum Gasteiger partial charge on any atom is -0.311 e. The molecular formula is C17H27FN2. The Morgan fingerprint density at radius 3 is 2.80 bits per heavy atom. The second-order valence-corrected chi connectivity index (χ2v) is 6.44. The third-order valence-electron chi connectivity index (χ3n) is 4.40. The molecule has 2 unspecified atom stereocenters. The second kappa shape index (κ2) is 6.68. The van der Waals surface area contributed by atoms with Crippen LogP contribution in [0.3, 0.4) is 0 Å². The molecule has 0 amide bonds. The van der Waals surface area contributed by atoms with Crippen LogP contribution in [0.15, 0.2) is 18.2 Å². The van der Waals surface area contributed by atoms with Gasteiger partial charge in [0, 0.05) is 31.7 Å². The first-order valence-electron chi connectivity index (χ1n) is 7.70. The van der Waals surface area contributed by atoms with Gasteiger partial charge in [-0.25, -0.2) is 4.39 Å². The lowest BCUT2D eigenvalue weighted by Crippen LogP contribution is -2.57. The number of halogens is 1. The van der Waals surface area contributed by atoms with Crippen molar-refractivity contribution in [1.82, 2.24) is 10.2 Å². The van der Waals surface area contributed by atoms with E-state index in [9.17, 15) is 4.39 Å².